The average Bonchev–Trinajstić information content (AvgIpc) is 2.74. The number of benzene rings is 3. The second kappa shape index (κ2) is 9.13. The number of nitrogens with zero attached hydrogens (tertiary/aromatic N) is 1. The van der Waals surface area contributed by atoms with E-state index in [0.717, 1.165) is 42.1 Å². The Kier molecular flexibility index (Phi) is 6.28. The van der Waals surface area contributed by atoms with E-state index in [9.17, 15) is 9.18 Å². The van der Waals surface area contributed by atoms with E-state index in [1.807, 2.05) is 61.5 Å². The topological polar surface area (TPSA) is 44.4 Å². The number of aryl methyl sites for hydroxylation is 1. The molecule has 3 aromatic carbocycles. The lowest BCUT2D eigenvalue weighted by atomic mass is 9.96. The lowest BCUT2D eigenvalue weighted by Gasteiger charge is -2.33. The molecule has 0 saturated heterocycles. The van der Waals surface area contributed by atoms with Gasteiger partial charge in [0, 0.05) is 42.3 Å². The molecule has 4 nitrogen and oxygen atoms in total. The molecule has 0 unspecified atom stereocenters. The first-order valence-electron chi connectivity index (χ1n) is 11.0. The van der Waals surface area contributed by atoms with Crippen LogP contribution in [0.15, 0.2) is 66.7 Å². The zero-order valence-corrected chi connectivity index (χ0v) is 18.9. The standard InChI is InChI=1S/C27H30FN3O/c1-19-12-13-22(16-24(19)26(32)30-21-9-5-4-6-10-21)29-25-11-7-8-20-17-31(15-14-23(20)25)18-27(2,3)28/h4-13,16,29H,14-15,17-18H2,1-3H3,(H,30,32). The van der Waals surface area contributed by atoms with E-state index in [2.05, 4.69) is 27.7 Å². The summed E-state index contributed by atoms with van der Waals surface area (Å²) in [5, 5.41) is 6.47. The zero-order valence-electron chi connectivity index (χ0n) is 18.9. The van der Waals surface area contributed by atoms with E-state index in [0.29, 0.717) is 12.1 Å². The van der Waals surface area contributed by atoms with Crippen LogP contribution in [0.3, 0.4) is 0 Å². The first-order valence-corrected chi connectivity index (χ1v) is 11.0. The number of para-hydroxylation sites is 1. The van der Waals surface area contributed by atoms with Crippen molar-refractivity contribution in [2.24, 2.45) is 0 Å². The first kappa shape index (κ1) is 22.0. The molecule has 1 amide bonds. The molecule has 0 spiro atoms. The average molecular weight is 432 g/mol. The Hall–Kier alpha value is -3.18. The number of nitrogens with one attached hydrogen (secondary N) is 2. The number of carbonyl (C=O) groups excluding carboxylic acids is 1. The van der Waals surface area contributed by atoms with Gasteiger partial charge in [-0.05, 0) is 74.2 Å². The van der Waals surface area contributed by atoms with Crippen LogP contribution in [-0.4, -0.2) is 29.6 Å². The predicted molar refractivity (Wildman–Crippen MR) is 129 cm³/mol. The summed E-state index contributed by atoms with van der Waals surface area (Å²) >= 11 is 0. The molecule has 32 heavy (non-hydrogen) atoms. The molecule has 5 heteroatoms. The van der Waals surface area contributed by atoms with E-state index >= 15 is 0 Å². The summed E-state index contributed by atoms with van der Waals surface area (Å²) in [7, 11) is 0. The van der Waals surface area contributed by atoms with Gasteiger partial charge in [0.15, 0.2) is 0 Å². The number of amides is 1. The molecule has 4 rings (SSSR count). The van der Waals surface area contributed by atoms with Gasteiger partial charge >= 0.3 is 0 Å². The smallest absolute Gasteiger partial charge is 0.256 e. The fourth-order valence-corrected chi connectivity index (χ4v) is 4.27. The van der Waals surface area contributed by atoms with E-state index in [1.54, 1.807) is 13.8 Å². The minimum Gasteiger partial charge on any atom is -0.355 e. The van der Waals surface area contributed by atoms with Crippen LogP contribution in [0.4, 0.5) is 21.5 Å². The van der Waals surface area contributed by atoms with Gasteiger partial charge in [-0.25, -0.2) is 4.39 Å². The summed E-state index contributed by atoms with van der Waals surface area (Å²) in [6.07, 6.45) is 0.863. The van der Waals surface area contributed by atoms with Crippen molar-refractivity contribution in [2.75, 3.05) is 23.7 Å². The van der Waals surface area contributed by atoms with Gasteiger partial charge in [0.25, 0.3) is 5.91 Å². The summed E-state index contributed by atoms with van der Waals surface area (Å²) < 4.78 is 14.1. The number of anilines is 3. The highest BCUT2D eigenvalue weighted by molar-refractivity contribution is 6.05. The van der Waals surface area contributed by atoms with Gasteiger partial charge < -0.3 is 10.6 Å². The van der Waals surface area contributed by atoms with Crippen molar-refractivity contribution in [3.05, 3.63) is 89.0 Å². The van der Waals surface area contributed by atoms with Gasteiger partial charge in [-0.15, -0.1) is 0 Å². The highest BCUT2D eigenvalue weighted by Crippen LogP contribution is 2.30. The fraction of sp³-hybridized carbons (Fsp3) is 0.296. The maximum absolute atomic E-state index is 14.1. The van der Waals surface area contributed by atoms with Gasteiger partial charge in [-0.2, -0.15) is 0 Å². The highest BCUT2D eigenvalue weighted by atomic mass is 19.1. The number of carbonyl (C=O) groups is 1. The lowest BCUT2D eigenvalue weighted by molar-refractivity contribution is 0.102. The largest absolute Gasteiger partial charge is 0.355 e. The molecule has 0 saturated carbocycles. The number of alkyl halides is 1. The molecule has 1 aliphatic heterocycles. The third-order valence-electron chi connectivity index (χ3n) is 5.74. The SMILES string of the molecule is Cc1ccc(Nc2cccc3c2CCN(CC(C)(C)F)C3)cc1C(=O)Nc1ccccc1. The Morgan fingerprint density at radius 3 is 2.56 bits per heavy atom. The van der Waals surface area contributed by atoms with Crippen LogP contribution in [0.1, 0.15) is 40.9 Å². The number of halogens is 1. The van der Waals surface area contributed by atoms with Crippen LogP contribution >= 0.6 is 0 Å². The summed E-state index contributed by atoms with van der Waals surface area (Å²) in [6, 6.07) is 21.5. The van der Waals surface area contributed by atoms with Gasteiger partial charge in [-0.3, -0.25) is 9.69 Å². The Morgan fingerprint density at radius 2 is 1.81 bits per heavy atom. The molecule has 1 aliphatic rings. The zero-order chi connectivity index (χ0) is 22.7. The minimum absolute atomic E-state index is 0.128. The summed E-state index contributed by atoms with van der Waals surface area (Å²) in [5.41, 5.74) is 5.52. The van der Waals surface area contributed by atoms with Crippen LogP contribution in [0.2, 0.25) is 0 Å². The highest BCUT2D eigenvalue weighted by Gasteiger charge is 2.25. The van der Waals surface area contributed by atoms with Crippen LogP contribution in [0.25, 0.3) is 0 Å². The normalized spacial score (nSPS) is 14.0. The van der Waals surface area contributed by atoms with Gasteiger partial charge in [0.05, 0.1) is 0 Å². The number of rotatable bonds is 6. The number of hydrogen-bond acceptors (Lipinski definition) is 3. The molecule has 0 radical (unpaired) electrons. The Labute approximate surface area is 189 Å². The van der Waals surface area contributed by atoms with Crippen LogP contribution < -0.4 is 10.6 Å². The van der Waals surface area contributed by atoms with E-state index in [4.69, 9.17) is 0 Å². The molecule has 3 aromatic rings. The van der Waals surface area contributed by atoms with Crippen molar-refractivity contribution in [3.8, 4) is 0 Å². The third-order valence-corrected chi connectivity index (χ3v) is 5.74. The fourth-order valence-electron chi connectivity index (χ4n) is 4.27. The molecule has 0 aliphatic carbocycles. The number of hydrogen-bond donors (Lipinski definition) is 2. The van der Waals surface area contributed by atoms with Gasteiger partial charge in [-0.1, -0.05) is 36.4 Å². The molecule has 1 heterocycles. The Balaban J connectivity index is 1.52. The predicted octanol–water partition coefficient (Wildman–Crippen LogP) is 6.10. The van der Waals surface area contributed by atoms with Crippen molar-refractivity contribution in [3.63, 3.8) is 0 Å². The maximum Gasteiger partial charge on any atom is 0.256 e. The summed E-state index contributed by atoms with van der Waals surface area (Å²) in [4.78, 5) is 15.0. The molecule has 0 aromatic heterocycles. The maximum atomic E-state index is 14.1. The lowest BCUT2D eigenvalue weighted by Crippen LogP contribution is -2.39. The van der Waals surface area contributed by atoms with Gasteiger partial charge in [0.2, 0.25) is 0 Å². The molecule has 2 N–H and O–H groups in total. The van der Waals surface area contributed by atoms with E-state index in [-0.39, 0.29) is 5.91 Å². The molecular weight excluding hydrogens is 401 g/mol. The quantitative estimate of drug-likeness (QED) is 0.496. The molecule has 0 atom stereocenters. The van der Waals surface area contributed by atoms with Crippen molar-refractivity contribution >= 4 is 23.0 Å². The van der Waals surface area contributed by atoms with E-state index in [1.165, 1.54) is 11.1 Å². The van der Waals surface area contributed by atoms with Crippen molar-refractivity contribution < 1.29 is 9.18 Å². The Bertz CT molecular complexity index is 1110. The second-order valence-corrected chi connectivity index (χ2v) is 9.10. The van der Waals surface area contributed by atoms with Gasteiger partial charge in [0.1, 0.15) is 5.67 Å². The summed E-state index contributed by atoms with van der Waals surface area (Å²) in [5.74, 6) is -0.128. The molecule has 166 valence electrons. The monoisotopic (exact) mass is 431 g/mol. The van der Waals surface area contributed by atoms with Crippen molar-refractivity contribution in [2.45, 2.75) is 39.4 Å². The van der Waals surface area contributed by atoms with Crippen molar-refractivity contribution in [1.82, 2.24) is 4.90 Å². The van der Waals surface area contributed by atoms with Crippen LogP contribution in [0.5, 0.6) is 0 Å². The molecule has 0 bridgehead atoms. The first-order chi connectivity index (χ1) is 15.3. The van der Waals surface area contributed by atoms with Crippen LogP contribution in [0, 0.1) is 6.92 Å². The summed E-state index contributed by atoms with van der Waals surface area (Å²) in [6.45, 7) is 7.21. The molecule has 0 fully saturated rings. The third kappa shape index (κ3) is 5.35. The van der Waals surface area contributed by atoms with Crippen LogP contribution in [-0.2, 0) is 13.0 Å². The Morgan fingerprint density at radius 1 is 1.03 bits per heavy atom. The second-order valence-electron chi connectivity index (χ2n) is 9.10. The molecular formula is C27H30FN3O. The van der Waals surface area contributed by atoms with Crippen molar-refractivity contribution in [1.29, 1.82) is 0 Å². The number of fused-ring (bicyclic) bond motifs is 1. The minimum atomic E-state index is -1.20. The van der Waals surface area contributed by atoms with E-state index < -0.39 is 5.67 Å².